The van der Waals surface area contributed by atoms with Crippen molar-refractivity contribution < 1.29 is 0 Å². The SMILES string of the molecule is C=CCN(CC=C)C(C)=CC. The van der Waals surface area contributed by atoms with Crippen LogP contribution in [0.15, 0.2) is 37.1 Å². The lowest BCUT2D eigenvalue weighted by Crippen LogP contribution is -2.21. The van der Waals surface area contributed by atoms with E-state index in [4.69, 9.17) is 0 Å². The predicted octanol–water partition coefficient (Wildman–Crippen LogP) is 2.58. The summed E-state index contributed by atoms with van der Waals surface area (Å²) in [7, 11) is 0. The van der Waals surface area contributed by atoms with Crippen LogP contribution in [0.25, 0.3) is 0 Å². The van der Waals surface area contributed by atoms with Gasteiger partial charge in [-0.1, -0.05) is 18.2 Å². The molecule has 0 saturated heterocycles. The number of rotatable bonds is 5. The zero-order valence-corrected chi connectivity index (χ0v) is 7.51. The molecule has 1 heteroatoms. The lowest BCUT2D eigenvalue weighted by Gasteiger charge is -2.21. The molecule has 0 amide bonds. The summed E-state index contributed by atoms with van der Waals surface area (Å²) >= 11 is 0. The minimum absolute atomic E-state index is 0.891. The van der Waals surface area contributed by atoms with Crippen LogP contribution in [0.2, 0.25) is 0 Å². The van der Waals surface area contributed by atoms with Gasteiger partial charge in [0.05, 0.1) is 0 Å². The first-order chi connectivity index (χ1) is 5.26. The zero-order valence-electron chi connectivity index (χ0n) is 7.51. The van der Waals surface area contributed by atoms with Crippen molar-refractivity contribution in [3.8, 4) is 0 Å². The molecular weight excluding hydrogens is 134 g/mol. The second-order valence-electron chi connectivity index (χ2n) is 2.41. The Bertz CT molecular complexity index is 146. The molecule has 11 heavy (non-hydrogen) atoms. The summed E-state index contributed by atoms with van der Waals surface area (Å²) in [5, 5.41) is 0. The van der Waals surface area contributed by atoms with Gasteiger partial charge in [0.2, 0.25) is 0 Å². The Hall–Kier alpha value is -0.980. The van der Waals surface area contributed by atoms with Gasteiger partial charge < -0.3 is 4.90 Å². The van der Waals surface area contributed by atoms with Crippen LogP contribution in [0.3, 0.4) is 0 Å². The van der Waals surface area contributed by atoms with Gasteiger partial charge in [0, 0.05) is 18.8 Å². The van der Waals surface area contributed by atoms with Gasteiger partial charge in [-0.2, -0.15) is 0 Å². The Morgan fingerprint density at radius 1 is 1.27 bits per heavy atom. The number of hydrogen-bond donors (Lipinski definition) is 0. The highest BCUT2D eigenvalue weighted by Gasteiger charge is 1.97. The van der Waals surface area contributed by atoms with Gasteiger partial charge >= 0.3 is 0 Å². The summed E-state index contributed by atoms with van der Waals surface area (Å²) < 4.78 is 0. The van der Waals surface area contributed by atoms with Gasteiger partial charge in [-0.25, -0.2) is 0 Å². The first-order valence-corrected chi connectivity index (χ1v) is 3.86. The average Bonchev–Trinajstić information content (AvgIpc) is 2.03. The maximum Gasteiger partial charge on any atom is 0.0357 e. The van der Waals surface area contributed by atoms with Crippen molar-refractivity contribution in [2.24, 2.45) is 0 Å². The highest BCUT2D eigenvalue weighted by molar-refractivity contribution is 4.99. The van der Waals surface area contributed by atoms with Crippen LogP contribution in [0, 0.1) is 0 Å². The second kappa shape index (κ2) is 5.78. The molecule has 0 aliphatic carbocycles. The third-order valence-electron chi connectivity index (χ3n) is 1.62. The van der Waals surface area contributed by atoms with Gasteiger partial charge in [-0.05, 0) is 13.8 Å². The van der Waals surface area contributed by atoms with Crippen molar-refractivity contribution in [3.63, 3.8) is 0 Å². The molecule has 0 atom stereocenters. The third-order valence-corrected chi connectivity index (χ3v) is 1.62. The van der Waals surface area contributed by atoms with E-state index in [-0.39, 0.29) is 0 Å². The van der Waals surface area contributed by atoms with Crippen molar-refractivity contribution >= 4 is 0 Å². The van der Waals surface area contributed by atoms with E-state index in [1.807, 2.05) is 19.1 Å². The molecule has 0 aliphatic rings. The van der Waals surface area contributed by atoms with E-state index in [0.29, 0.717) is 0 Å². The van der Waals surface area contributed by atoms with Gasteiger partial charge in [0.1, 0.15) is 0 Å². The van der Waals surface area contributed by atoms with E-state index in [0.717, 1.165) is 13.1 Å². The highest BCUT2D eigenvalue weighted by atomic mass is 15.1. The van der Waals surface area contributed by atoms with Gasteiger partial charge in [-0.3, -0.25) is 0 Å². The van der Waals surface area contributed by atoms with Crippen LogP contribution >= 0.6 is 0 Å². The summed E-state index contributed by atoms with van der Waals surface area (Å²) in [6.07, 6.45) is 5.89. The first-order valence-electron chi connectivity index (χ1n) is 3.86. The molecule has 0 saturated carbocycles. The highest BCUT2D eigenvalue weighted by Crippen LogP contribution is 2.02. The predicted molar refractivity (Wildman–Crippen MR) is 51.4 cm³/mol. The lowest BCUT2D eigenvalue weighted by atomic mass is 10.3. The molecule has 0 spiro atoms. The molecule has 0 rings (SSSR count). The Kier molecular flexibility index (Phi) is 5.26. The molecule has 0 radical (unpaired) electrons. The van der Waals surface area contributed by atoms with Crippen molar-refractivity contribution in [3.05, 3.63) is 37.1 Å². The fraction of sp³-hybridized carbons (Fsp3) is 0.400. The molecule has 0 aliphatic heterocycles. The molecule has 1 nitrogen and oxygen atoms in total. The van der Waals surface area contributed by atoms with E-state index in [2.05, 4.69) is 31.1 Å². The van der Waals surface area contributed by atoms with E-state index in [1.165, 1.54) is 5.70 Å². The summed E-state index contributed by atoms with van der Waals surface area (Å²) in [6, 6.07) is 0. The van der Waals surface area contributed by atoms with E-state index in [9.17, 15) is 0 Å². The minimum atomic E-state index is 0.891. The van der Waals surface area contributed by atoms with Crippen molar-refractivity contribution in [1.82, 2.24) is 4.90 Å². The summed E-state index contributed by atoms with van der Waals surface area (Å²) in [4.78, 5) is 2.21. The largest absolute Gasteiger partial charge is 0.368 e. The van der Waals surface area contributed by atoms with Crippen LogP contribution in [0.1, 0.15) is 13.8 Å². The van der Waals surface area contributed by atoms with E-state index in [1.54, 1.807) is 0 Å². The van der Waals surface area contributed by atoms with Crippen LogP contribution in [-0.4, -0.2) is 18.0 Å². The lowest BCUT2D eigenvalue weighted by molar-refractivity contribution is 0.422. The second-order valence-corrected chi connectivity index (χ2v) is 2.41. The Balaban J connectivity index is 4.07. The molecule has 0 fully saturated rings. The normalized spacial score (nSPS) is 10.9. The Morgan fingerprint density at radius 3 is 2.00 bits per heavy atom. The molecule has 0 aromatic carbocycles. The topological polar surface area (TPSA) is 3.24 Å². The van der Waals surface area contributed by atoms with E-state index >= 15 is 0 Å². The van der Waals surface area contributed by atoms with Crippen LogP contribution in [0.5, 0.6) is 0 Å². The molecule has 0 aromatic heterocycles. The smallest absolute Gasteiger partial charge is 0.0357 e. The summed E-state index contributed by atoms with van der Waals surface area (Å²) in [6.45, 7) is 13.3. The standard InChI is InChI=1S/C10H17N/c1-5-8-11(9-6-2)10(4)7-3/h5-7H,1-2,8-9H2,3-4H3. The molecule has 0 bridgehead atoms. The summed E-state index contributed by atoms with van der Waals surface area (Å²) in [5.74, 6) is 0. The average molecular weight is 151 g/mol. The van der Waals surface area contributed by atoms with Crippen LogP contribution < -0.4 is 0 Å². The monoisotopic (exact) mass is 151 g/mol. The fourth-order valence-electron chi connectivity index (χ4n) is 0.857. The molecule has 62 valence electrons. The molecule has 0 aromatic rings. The number of nitrogens with zero attached hydrogens (tertiary/aromatic N) is 1. The maximum absolute atomic E-state index is 3.70. The fourth-order valence-corrected chi connectivity index (χ4v) is 0.857. The zero-order chi connectivity index (χ0) is 8.69. The van der Waals surface area contributed by atoms with Gasteiger partial charge in [0.15, 0.2) is 0 Å². The third kappa shape index (κ3) is 3.66. The van der Waals surface area contributed by atoms with Crippen molar-refractivity contribution in [2.45, 2.75) is 13.8 Å². The number of allylic oxidation sites excluding steroid dienone is 2. The van der Waals surface area contributed by atoms with Crippen LogP contribution in [-0.2, 0) is 0 Å². The van der Waals surface area contributed by atoms with E-state index < -0.39 is 0 Å². The molecule has 0 N–H and O–H groups in total. The minimum Gasteiger partial charge on any atom is -0.368 e. The van der Waals surface area contributed by atoms with Crippen molar-refractivity contribution in [1.29, 1.82) is 0 Å². The van der Waals surface area contributed by atoms with Gasteiger partial charge in [0.25, 0.3) is 0 Å². The van der Waals surface area contributed by atoms with Crippen LogP contribution in [0.4, 0.5) is 0 Å². The quantitative estimate of drug-likeness (QED) is 0.546. The van der Waals surface area contributed by atoms with Crippen molar-refractivity contribution in [2.75, 3.05) is 13.1 Å². The molecular formula is C10H17N. The Labute approximate surface area is 69.7 Å². The maximum atomic E-state index is 3.70. The molecule has 0 heterocycles. The number of hydrogen-bond acceptors (Lipinski definition) is 1. The summed E-state index contributed by atoms with van der Waals surface area (Å²) in [5.41, 5.74) is 1.27. The molecule has 0 unspecified atom stereocenters. The first kappa shape index (κ1) is 10.0. The Morgan fingerprint density at radius 2 is 1.73 bits per heavy atom. The van der Waals surface area contributed by atoms with Gasteiger partial charge in [-0.15, -0.1) is 13.2 Å².